The number of aromatic nitrogens is 3. The summed E-state index contributed by atoms with van der Waals surface area (Å²) in [7, 11) is 3.07. The third-order valence-corrected chi connectivity index (χ3v) is 5.67. The van der Waals surface area contributed by atoms with Crippen molar-refractivity contribution >= 4 is 27.7 Å². The van der Waals surface area contributed by atoms with Gasteiger partial charge in [0.1, 0.15) is 28.3 Å². The van der Waals surface area contributed by atoms with Crippen LogP contribution in [0, 0.1) is 5.82 Å². The largest absolute Gasteiger partial charge is 0.493 e. The number of nitrogens with zero attached hydrogens (tertiary/aromatic N) is 3. The Labute approximate surface area is 186 Å². The van der Waals surface area contributed by atoms with Crippen molar-refractivity contribution in [2.24, 2.45) is 0 Å². The number of ether oxygens (including phenoxy) is 2. The highest BCUT2D eigenvalue weighted by Crippen LogP contribution is 2.30. The van der Waals surface area contributed by atoms with E-state index >= 15 is 0 Å². The average Bonchev–Trinajstić information content (AvgIpc) is 3.24. The van der Waals surface area contributed by atoms with Crippen LogP contribution < -0.4 is 20.3 Å². The van der Waals surface area contributed by atoms with Gasteiger partial charge in [0.15, 0.2) is 11.5 Å². The molecule has 10 heteroatoms. The second-order valence-corrected chi connectivity index (χ2v) is 7.60. The van der Waals surface area contributed by atoms with Gasteiger partial charge in [-0.05, 0) is 41.9 Å². The molecule has 0 fully saturated rings. The molecule has 0 spiro atoms. The molecule has 1 N–H and O–H groups in total. The molecular formula is C22H19FN4O4S. The van der Waals surface area contributed by atoms with Crippen LogP contribution in [0.3, 0.4) is 0 Å². The SMILES string of the molecule is COc1cccc(CNC(=O)Cn2cnc3c(-c4ccc(F)cc4)nsc3c2=O)c1OC. The van der Waals surface area contributed by atoms with Crippen LogP contribution in [0.15, 0.2) is 53.6 Å². The first kappa shape index (κ1) is 21.4. The quantitative estimate of drug-likeness (QED) is 0.461. The van der Waals surface area contributed by atoms with E-state index in [0.29, 0.717) is 33.0 Å². The van der Waals surface area contributed by atoms with Crippen molar-refractivity contribution in [2.45, 2.75) is 13.1 Å². The van der Waals surface area contributed by atoms with Crippen LogP contribution in [0.25, 0.3) is 21.5 Å². The van der Waals surface area contributed by atoms with Gasteiger partial charge in [-0.15, -0.1) is 0 Å². The maximum absolute atomic E-state index is 13.2. The summed E-state index contributed by atoms with van der Waals surface area (Å²) in [6.07, 6.45) is 1.32. The number of benzene rings is 2. The fraction of sp³-hybridized carbons (Fsp3) is 0.182. The van der Waals surface area contributed by atoms with Crippen molar-refractivity contribution in [1.82, 2.24) is 19.2 Å². The summed E-state index contributed by atoms with van der Waals surface area (Å²) in [6, 6.07) is 11.2. The molecule has 4 aromatic rings. The molecule has 1 amide bonds. The fourth-order valence-corrected chi connectivity index (χ4v) is 4.07. The summed E-state index contributed by atoms with van der Waals surface area (Å²) in [5, 5.41) is 2.78. The molecule has 0 aliphatic rings. The van der Waals surface area contributed by atoms with Gasteiger partial charge >= 0.3 is 0 Å². The summed E-state index contributed by atoms with van der Waals surface area (Å²) < 4.78 is 29.7. The van der Waals surface area contributed by atoms with E-state index in [1.165, 1.54) is 37.2 Å². The predicted molar refractivity (Wildman–Crippen MR) is 118 cm³/mol. The molecule has 4 rings (SSSR count). The molecule has 0 saturated carbocycles. The van der Waals surface area contributed by atoms with E-state index in [2.05, 4.69) is 14.7 Å². The molecule has 32 heavy (non-hydrogen) atoms. The Morgan fingerprint density at radius 3 is 2.66 bits per heavy atom. The molecule has 0 atom stereocenters. The molecule has 0 saturated heterocycles. The summed E-state index contributed by atoms with van der Waals surface area (Å²) in [5.74, 6) is 0.378. The Balaban J connectivity index is 1.51. The van der Waals surface area contributed by atoms with Gasteiger partial charge in [-0.2, -0.15) is 4.37 Å². The van der Waals surface area contributed by atoms with Gasteiger partial charge in [-0.3, -0.25) is 14.2 Å². The van der Waals surface area contributed by atoms with Crippen molar-refractivity contribution in [2.75, 3.05) is 14.2 Å². The van der Waals surface area contributed by atoms with Gasteiger partial charge in [0.2, 0.25) is 5.91 Å². The summed E-state index contributed by atoms with van der Waals surface area (Å²) in [4.78, 5) is 29.6. The summed E-state index contributed by atoms with van der Waals surface area (Å²) in [5.41, 5.74) is 1.96. The molecule has 0 aliphatic heterocycles. The van der Waals surface area contributed by atoms with Crippen LogP contribution in [0.5, 0.6) is 11.5 Å². The van der Waals surface area contributed by atoms with E-state index in [1.807, 2.05) is 6.07 Å². The average molecular weight is 454 g/mol. The predicted octanol–water partition coefficient (Wildman–Crippen LogP) is 2.99. The lowest BCUT2D eigenvalue weighted by atomic mass is 10.1. The van der Waals surface area contributed by atoms with E-state index in [-0.39, 0.29) is 30.4 Å². The van der Waals surface area contributed by atoms with Crippen molar-refractivity contribution in [1.29, 1.82) is 0 Å². The van der Waals surface area contributed by atoms with E-state index in [1.54, 1.807) is 24.3 Å². The number of rotatable bonds is 7. The minimum atomic E-state index is -0.366. The Bertz CT molecular complexity index is 1330. The molecule has 0 unspecified atom stereocenters. The lowest BCUT2D eigenvalue weighted by Crippen LogP contribution is -2.32. The van der Waals surface area contributed by atoms with Gasteiger partial charge in [-0.25, -0.2) is 9.37 Å². The summed E-state index contributed by atoms with van der Waals surface area (Å²) in [6.45, 7) is 0.0107. The minimum absolute atomic E-state index is 0.197. The van der Waals surface area contributed by atoms with E-state index in [4.69, 9.17) is 9.47 Å². The highest BCUT2D eigenvalue weighted by molar-refractivity contribution is 7.13. The number of para-hydroxylation sites is 1. The highest BCUT2D eigenvalue weighted by Gasteiger charge is 2.16. The number of carbonyl (C=O) groups excluding carboxylic acids is 1. The van der Waals surface area contributed by atoms with E-state index in [9.17, 15) is 14.0 Å². The van der Waals surface area contributed by atoms with Gasteiger partial charge in [0, 0.05) is 17.7 Å². The number of carbonyl (C=O) groups is 1. The zero-order chi connectivity index (χ0) is 22.7. The lowest BCUT2D eigenvalue weighted by Gasteiger charge is -2.13. The normalized spacial score (nSPS) is 10.8. The second kappa shape index (κ2) is 9.15. The van der Waals surface area contributed by atoms with Crippen LogP contribution in [0.4, 0.5) is 4.39 Å². The molecule has 8 nitrogen and oxygen atoms in total. The number of nitrogens with one attached hydrogen (secondary N) is 1. The minimum Gasteiger partial charge on any atom is -0.493 e. The van der Waals surface area contributed by atoms with Crippen molar-refractivity contribution in [3.8, 4) is 22.8 Å². The number of methoxy groups -OCH3 is 2. The number of hydrogen-bond donors (Lipinski definition) is 1. The molecule has 0 bridgehead atoms. The topological polar surface area (TPSA) is 95.3 Å². The molecule has 0 radical (unpaired) electrons. The molecule has 2 aromatic heterocycles. The Kier molecular flexibility index (Phi) is 6.13. The number of hydrogen-bond acceptors (Lipinski definition) is 7. The maximum atomic E-state index is 13.2. The molecule has 164 valence electrons. The van der Waals surface area contributed by atoms with Gasteiger partial charge in [0.25, 0.3) is 5.56 Å². The van der Waals surface area contributed by atoms with Crippen molar-refractivity contribution in [3.05, 3.63) is 70.5 Å². The van der Waals surface area contributed by atoms with Crippen LogP contribution in [0.1, 0.15) is 5.56 Å². The van der Waals surface area contributed by atoms with Crippen LogP contribution >= 0.6 is 11.5 Å². The molecule has 0 aliphatic carbocycles. The van der Waals surface area contributed by atoms with Gasteiger partial charge in [0.05, 0.1) is 20.5 Å². The lowest BCUT2D eigenvalue weighted by molar-refractivity contribution is -0.121. The van der Waals surface area contributed by atoms with E-state index < -0.39 is 0 Å². The smallest absolute Gasteiger partial charge is 0.273 e. The van der Waals surface area contributed by atoms with E-state index in [0.717, 1.165) is 17.1 Å². The second-order valence-electron chi connectivity index (χ2n) is 6.82. The monoisotopic (exact) mass is 454 g/mol. The van der Waals surface area contributed by atoms with Crippen LogP contribution in [-0.4, -0.2) is 34.1 Å². The Morgan fingerprint density at radius 2 is 1.94 bits per heavy atom. The highest BCUT2D eigenvalue weighted by atomic mass is 32.1. The Morgan fingerprint density at radius 1 is 1.16 bits per heavy atom. The van der Waals surface area contributed by atoms with Crippen molar-refractivity contribution < 1.29 is 18.7 Å². The number of halogens is 1. The Hall–Kier alpha value is -3.79. The first-order chi connectivity index (χ1) is 15.5. The molecule has 2 heterocycles. The number of fused-ring (bicyclic) bond motifs is 1. The molecular weight excluding hydrogens is 435 g/mol. The third kappa shape index (κ3) is 4.17. The fourth-order valence-electron chi connectivity index (χ4n) is 3.26. The molecule has 2 aromatic carbocycles. The maximum Gasteiger partial charge on any atom is 0.273 e. The summed E-state index contributed by atoms with van der Waals surface area (Å²) >= 11 is 0.998. The third-order valence-electron chi connectivity index (χ3n) is 4.84. The van der Waals surface area contributed by atoms with Gasteiger partial charge in [-0.1, -0.05) is 12.1 Å². The van der Waals surface area contributed by atoms with Gasteiger partial charge < -0.3 is 14.8 Å². The zero-order valence-electron chi connectivity index (χ0n) is 17.3. The first-order valence-corrected chi connectivity index (χ1v) is 10.4. The standard InChI is InChI=1S/C22H19FN4O4S/c1-30-16-5-3-4-14(20(16)31-2)10-24-17(28)11-27-12-25-19-18(26-32-21(19)22(27)29)13-6-8-15(23)9-7-13/h3-9,12H,10-11H2,1-2H3,(H,24,28). The number of amides is 1. The van der Waals surface area contributed by atoms with Crippen LogP contribution in [0.2, 0.25) is 0 Å². The van der Waals surface area contributed by atoms with Crippen LogP contribution in [-0.2, 0) is 17.9 Å². The first-order valence-electron chi connectivity index (χ1n) is 9.59. The van der Waals surface area contributed by atoms with Crippen molar-refractivity contribution in [3.63, 3.8) is 0 Å². The zero-order valence-corrected chi connectivity index (χ0v) is 18.1.